The summed E-state index contributed by atoms with van der Waals surface area (Å²) >= 11 is 7.64. The first-order chi connectivity index (χ1) is 13.9. The Morgan fingerprint density at radius 1 is 1.17 bits per heavy atom. The van der Waals surface area contributed by atoms with Crippen LogP contribution in [0.25, 0.3) is 10.2 Å². The number of nitrogens with zero attached hydrogens (tertiary/aromatic N) is 4. The first kappa shape index (κ1) is 20.1. The van der Waals surface area contributed by atoms with Crippen molar-refractivity contribution >= 4 is 44.9 Å². The summed E-state index contributed by atoms with van der Waals surface area (Å²) in [6, 6.07) is 7.54. The van der Waals surface area contributed by atoms with Crippen molar-refractivity contribution in [3.8, 4) is 0 Å². The fourth-order valence-electron chi connectivity index (χ4n) is 3.58. The molecule has 6 nitrogen and oxygen atoms in total. The molecule has 1 N–H and O–H groups in total. The predicted molar refractivity (Wildman–Crippen MR) is 119 cm³/mol. The van der Waals surface area contributed by atoms with Gasteiger partial charge in [0.25, 0.3) is 5.91 Å². The van der Waals surface area contributed by atoms with E-state index < -0.39 is 0 Å². The zero-order chi connectivity index (χ0) is 20.5. The lowest BCUT2D eigenvalue weighted by Crippen LogP contribution is -2.45. The number of nitrogens with one attached hydrogen (secondary N) is 1. The summed E-state index contributed by atoms with van der Waals surface area (Å²) in [7, 11) is 2.13. The molecule has 0 bridgehead atoms. The van der Waals surface area contributed by atoms with Crippen molar-refractivity contribution in [1.29, 1.82) is 0 Å². The van der Waals surface area contributed by atoms with Gasteiger partial charge in [-0.25, -0.2) is 9.97 Å². The second kappa shape index (κ2) is 8.26. The van der Waals surface area contributed by atoms with Gasteiger partial charge in [0.2, 0.25) is 0 Å². The van der Waals surface area contributed by atoms with Crippen molar-refractivity contribution in [1.82, 2.24) is 20.2 Å². The van der Waals surface area contributed by atoms with Crippen LogP contribution >= 0.6 is 22.9 Å². The molecular formula is C21H24ClN5OS. The Morgan fingerprint density at radius 3 is 2.62 bits per heavy atom. The number of piperazine rings is 1. The van der Waals surface area contributed by atoms with Gasteiger partial charge in [-0.05, 0) is 38.1 Å². The molecule has 1 aliphatic rings. The van der Waals surface area contributed by atoms with E-state index in [0.29, 0.717) is 16.4 Å². The second-order valence-electron chi connectivity index (χ2n) is 7.40. The number of likely N-dealkylation sites (N-methyl/N-ethyl adjacent to an activating group) is 1. The molecule has 0 atom stereocenters. The molecule has 3 aromatic rings. The molecule has 1 aliphatic heterocycles. The van der Waals surface area contributed by atoms with Gasteiger partial charge in [0.15, 0.2) is 0 Å². The molecule has 1 aromatic carbocycles. The highest BCUT2D eigenvalue weighted by Gasteiger charge is 2.24. The summed E-state index contributed by atoms with van der Waals surface area (Å²) in [5.41, 5.74) is 1.84. The first-order valence-corrected chi connectivity index (χ1v) is 10.9. The lowest BCUT2D eigenvalue weighted by molar-refractivity contribution is 0.0954. The van der Waals surface area contributed by atoms with Gasteiger partial charge in [-0.2, -0.15) is 0 Å². The van der Waals surface area contributed by atoms with Crippen molar-refractivity contribution in [2.45, 2.75) is 20.4 Å². The largest absolute Gasteiger partial charge is 0.353 e. The molecule has 0 radical (unpaired) electrons. The number of amides is 1. The third-order valence-corrected chi connectivity index (χ3v) is 6.84. The van der Waals surface area contributed by atoms with Crippen molar-refractivity contribution < 1.29 is 4.79 Å². The first-order valence-electron chi connectivity index (χ1n) is 9.67. The molecule has 8 heteroatoms. The maximum Gasteiger partial charge on any atom is 0.261 e. The Bertz CT molecular complexity index is 1060. The standard InChI is InChI=1S/C21H24ClN5OS/c1-13-17-19(27-10-8-26(3)9-11-27)24-14(2)25-21(17)29-18(13)20(28)23-12-15-6-4-5-7-16(15)22/h4-7H,8-12H2,1-3H3,(H,23,28). The van der Waals surface area contributed by atoms with E-state index in [2.05, 4.69) is 27.1 Å². The molecule has 29 heavy (non-hydrogen) atoms. The Hall–Kier alpha value is -2.22. The number of fused-ring (bicyclic) bond motifs is 1. The molecule has 0 saturated carbocycles. The summed E-state index contributed by atoms with van der Waals surface area (Å²) in [6.07, 6.45) is 0. The van der Waals surface area contributed by atoms with Crippen molar-refractivity contribution in [2.24, 2.45) is 0 Å². The average Bonchev–Trinajstić information content (AvgIpc) is 3.03. The molecule has 0 aliphatic carbocycles. The van der Waals surface area contributed by atoms with Gasteiger partial charge in [-0.3, -0.25) is 4.79 Å². The van der Waals surface area contributed by atoms with Crippen molar-refractivity contribution in [3.63, 3.8) is 0 Å². The van der Waals surface area contributed by atoms with Gasteiger partial charge in [0, 0.05) is 37.7 Å². The normalized spacial score (nSPS) is 15.1. The average molecular weight is 430 g/mol. The van der Waals surface area contributed by atoms with Gasteiger partial charge in [-0.1, -0.05) is 29.8 Å². The number of halogens is 1. The highest BCUT2D eigenvalue weighted by atomic mass is 35.5. The van der Waals surface area contributed by atoms with E-state index in [1.165, 1.54) is 11.3 Å². The van der Waals surface area contributed by atoms with Gasteiger partial charge in [0.05, 0.1) is 10.3 Å². The minimum Gasteiger partial charge on any atom is -0.353 e. The maximum atomic E-state index is 12.9. The maximum absolute atomic E-state index is 12.9. The number of hydrogen-bond acceptors (Lipinski definition) is 6. The van der Waals surface area contributed by atoms with Crippen LogP contribution in [0.2, 0.25) is 5.02 Å². The molecule has 1 saturated heterocycles. The lowest BCUT2D eigenvalue weighted by atomic mass is 10.1. The molecule has 3 heterocycles. The molecule has 4 rings (SSSR count). The fraction of sp³-hybridized carbons (Fsp3) is 0.381. The minimum atomic E-state index is -0.104. The zero-order valence-corrected chi connectivity index (χ0v) is 18.4. The quantitative estimate of drug-likeness (QED) is 0.686. The second-order valence-corrected chi connectivity index (χ2v) is 8.80. The van der Waals surface area contributed by atoms with Crippen LogP contribution in [0.5, 0.6) is 0 Å². The molecular weight excluding hydrogens is 406 g/mol. The number of hydrogen-bond donors (Lipinski definition) is 1. The molecule has 0 spiro atoms. The van der Waals surface area contributed by atoms with Gasteiger partial charge < -0.3 is 15.1 Å². The van der Waals surface area contributed by atoms with Crippen LogP contribution < -0.4 is 10.2 Å². The molecule has 152 valence electrons. The molecule has 1 fully saturated rings. The number of aryl methyl sites for hydroxylation is 2. The van der Waals surface area contributed by atoms with E-state index in [1.54, 1.807) is 0 Å². The smallest absolute Gasteiger partial charge is 0.261 e. The SMILES string of the molecule is Cc1nc(N2CCN(C)CC2)c2c(C)c(C(=O)NCc3ccccc3Cl)sc2n1. The van der Waals surface area contributed by atoms with E-state index in [0.717, 1.165) is 59.2 Å². The van der Waals surface area contributed by atoms with Crippen molar-refractivity contribution in [3.05, 3.63) is 51.1 Å². The monoisotopic (exact) mass is 429 g/mol. The van der Waals surface area contributed by atoms with Crippen LogP contribution in [0.15, 0.2) is 24.3 Å². The topological polar surface area (TPSA) is 61.4 Å². The number of anilines is 1. The summed E-state index contributed by atoms with van der Waals surface area (Å²) in [5.74, 6) is 1.57. The van der Waals surface area contributed by atoms with Crippen LogP contribution in [0.4, 0.5) is 5.82 Å². The molecule has 2 aromatic heterocycles. The van der Waals surface area contributed by atoms with Gasteiger partial charge in [-0.15, -0.1) is 11.3 Å². The molecule has 0 unspecified atom stereocenters. The number of aromatic nitrogens is 2. The third-order valence-electron chi connectivity index (χ3n) is 5.29. The number of thiophene rings is 1. The van der Waals surface area contributed by atoms with E-state index in [9.17, 15) is 4.79 Å². The van der Waals surface area contributed by atoms with E-state index in [1.807, 2.05) is 38.1 Å². The summed E-state index contributed by atoms with van der Waals surface area (Å²) in [4.78, 5) is 28.5. The Labute approximate surface area is 179 Å². The Balaban J connectivity index is 1.64. The van der Waals surface area contributed by atoms with Gasteiger partial charge in [0.1, 0.15) is 16.5 Å². The number of rotatable bonds is 4. The molecule has 1 amide bonds. The minimum absolute atomic E-state index is 0.104. The highest BCUT2D eigenvalue weighted by molar-refractivity contribution is 7.20. The predicted octanol–water partition coefficient (Wildman–Crippen LogP) is 3.64. The number of carbonyl (C=O) groups is 1. The van der Waals surface area contributed by atoms with Crippen LogP contribution in [0.1, 0.15) is 26.6 Å². The van der Waals surface area contributed by atoms with Crippen LogP contribution in [0.3, 0.4) is 0 Å². The zero-order valence-electron chi connectivity index (χ0n) is 16.8. The Morgan fingerprint density at radius 2 is 1.90 bits per heavy atom. The summed E-state index contributed by atoms with van der Waals surface area (Å²) < 4.78 is 0. The van der Waals surface area contributed by atoms with Crippen molar-refractivity contribution in [2.75, 3.05) is 38.1 Å². The van der Waals surface area contributed by atoms with E-state index in [4.69, 9.17) is 16.6 Å². The fourth-order valence-corrected chi connectivity index (χ4v) is 4.92. The summed E-state index contributed by atoms with van der Waals surface area (Å²) in [5, 5.41) is 4.64. The van der Waals surface area contributed by atoms with E-state index in [-0.39, 0.29) is 5.91 Å². The number of benzene rings is 1. The third kappa shape index (κ3) is 4.08. The Kier molecular flexibility index (Phi) is 5.72. The van der Waals surface area contributed by atoms with Crippen LogP contribution in [-0.2, 0) is 6.54 Å². The van der Waals surface area contributed by atoms with Gasteiger partial charge >= 0.3 is 0 Å². The lowest BCUT2D eigenvalue weighted by Gasteiger charge is -2.33. The summed E-state index contributed by atoms with van der Waals surface area (Å²) in [6.45, 7) is 8.13. The van der Waals surface area contributed by atoms with Crippen LogP contribution in [0, 0.1) is 13.8 Å². The number of carbonyl (C=O) groups excluding carboxylic acids is 1. The van der Waals surface area contributed by atoms with Crippen LogP contribution in [-0.4, -0.2) is 54.0 Å². The highest BCUT2D eigenvalue weighted by Crippen LogP contribution is 2.35. The van der Waals surface area contributed by atoms with E-state index >= 15 is 0 Å².